The van der Waals surface area contributed by atoms with E-state index in [4.69, 9.17) is 11.6 Å². The SMILES string of the molecule is CC(Cl)CCc1cccc(F)c1. The first-order chi connectivity index (χ1) is 5.68. The van der Waals surface area contributed by atoms with E-state index in [9.17, 15) is 4.39 Å². The lowest BCUT2D eigenvalue weighted by Gasteiger charge is -2.02. The van der Waals surface area contributed by atoms with Gasteiger partial charge < -0.3 is 0 Å². The Bertz CT molecular complexity index is 245. The standard InChI is InChI=1S/C10H12ClF/c1-8(11)5-6-9-3-2-4-10(12)7-9/h2-4,7-8H,5-6H2,1H3. The Hall–Kier alpha value is -0.560. The molecule has 0 heterocycles. The van der Waals surface area contributed by atoms with Crippen molar-refractivity contribution in [2.75, 3.05) is 0 Å². The van der Waals surface area contributed by atoms with Gasteiger partial charge in [0.25, 0.3) is 0 Å². The third-order valence-corrected chi connectivity index (χ3v) is 1.94. The van der Waals surface area contributed by atoms with Crippen LogP contribution in [0, 0.1) is 5.82 Å². The highest BCUT2D eigenvalue weighted by Gasteiger charge is 1.98. The number of alkyl halides is 1. The lowest BCUT2D eigenvalue weighted by Crippen LogP contribution is -1.94. The van der Waals surface area contributed by atoms with Crippen LogP contribution in [-0.2, 0) is 6.42 Å². The van der Waals surface area contributed by atoms with Gasteiger partial charge in [0.1, 0.15) is 5.82 Å². The lowest BCUT2D eigenvalue weighted by atomic mass is 10.1. The van der Waals surface area contributed by atoms with Gasteiger partial charge in [0, 0.05) is 5.38 Å². The van der Waals surface area contributed by atoms with Crippen molar-refractivity contribution in [3.05, 3.63) is 35.6 Å². The minimum absolute atomic E-state index is 0.160. The van der Waals surface area contributed by atoms with E-state index in [-0.39, 0.29) is 11.2 Å². The first-order valence-corrected chi connectivity index (χ1v) is 4.50. The molecule has 1 atom stereocenters. The summed E-state index contributed by atoms with van der Waals surface area (Å²) in [4.78, 5) is 0. The van der Waals surface area contributed by atoms with Crippen molar-refractivity contribution in [3.63, 3.8) is 0 Å². The molecule has 0 spiro atoms. The topological polar surface area (TPSA) is 0 Å². The highest BCUT2D eigenvalue weighted by Crippen LogP contribution is 2.09. The summed E-state index contributed by atoms with van der Waals surface area (Å²) in [6.07, 6.45) is 1.74. The van der Waals surface area contributed by atoms with Crippen LogP contribution in [0.3, 0.4) is 0 Å². The predicted molar refractivity (Wildman–Crippen MR) is 50.0 cm³/mol. The summed E-state index contributed by atoms with van der Waals surface area (Å²) in [5.41, 5.74) is 1.02. The summed E-state index contributed by atoms with van der Waals surface area (Å²) >= 11 is 5.77. The van der Waals surface area contributed by atoms with Crippen LogP contribution in [-0.4, -0.2) is 5.38 Å². The number of hydrogen-bond acceptors (Lipinski definition) is 0. The summed E-state index contributed by atoms with van der Waals surface area (Å²) in [7, 11) is 0. The summed E-state index contributed by atoms with van der Waals surface area (Å²) < 4.78 is 12.7. The number of hydrogen-bond donors (Lipinski definition) is 0. The Balaban J connectivity index is 2.52. The van der Waals surface area contributed by atoms with E-state index < -0.39 is 0 Å². The molecule has 0 aliphatic heterocycles. The van der Waals surface area contributed by atoms with Gasteiger partial charge >= 0.3 is 0 Å². The molecule has 0 aliphatic carbocycles. The summed E-state index contributed by atoms with van der Waals surface area (Å²) in [6, 6.07) is 6.65. The van der Waals surface area contributed by atoms with Gasteiger partial charge in [-0.25, -0.2) is 4.39 Å². The molecular weight excluding hydrogens is 175 g/mol. The average molecular weight is 187 g/mol. The average Bonchev–Trinajstić information content (AvgIpc) is 2.01. The number of aryl methyl sites for hydroxylation is 1. The third-order valence-electron chi connectivity index (χ3n) is 1.72. The van der Waals surface area contributed by atoms with Crippen LogP contribution in [0.15, 0.2) is 24.3 Å². The van der Waals surface area contributed by atoms with Crippen LogP contribution in [0.5, 0.6) is 0 Å². The maximum Gasteiger partial charge on any atom is 0.123 e. The second kappa shape index (κ2) is 4.46. The number of rotatable bonds is 3. The van der Waals surface area contributed by atoms with Gasteiger partial charge in [-0.05, 0) is 37.5 Å². The minimum Gasteiger partial charge on any atom is -0.207 e. The maximum absolute atomic E-state index is 12.7. The summed E-state index contributed by atoms with van der Waals surface area (Å²) in [5, 5.41) is 0.160. The normalized spacial score (nSPS) is 12.9. The second-order valence-corrected chi connectivity index (χ2v) is 3.69. The highest BCUT2D eigenvalue weighted by atomic mass is 35.5. The van der Waals surface area contributed by atoms with Gasteiger partial charge in [-0.15, -0.1) is 11.6 Å². The van der Waals surface area contributed by atoms with Crippen molar-refractivity contribution in [1.82, 2.24) is 0 Å². The van der Waals surface area contributed by atoms with E-state index in [0.29, 0.717) is 0 Å². The molecule has 0 saturated carbocycles. The van der Waals surface area contributed by atoms with Crippen LogP contribution in [0.4, 0.5) is 4.39 Å². The van der Waals surface area contributed by atoms with E-state index in [1.54, 1.807) is 12.1 Å². The Morgan fingerprint density at radius 3 is 2.83 bits per heavy atom. The van der Waals surface area contributed by atoms with Gasteiger partial charge in [-0.2, -0.15) is 0 Å². The van der Waals surface area contributed by atoms with Crippen molar-refractivity contribution in [2.24, 2.45) is 0 Å². The molecule has 1 aromatic carbocycles. The van der Waals surface area contributed by atoms with Crippen molar-refractivity contribution in [1.29, 1.82) is 0 Å². The van der Waals surface area contributed by atoms with E-state index in [2.05, 4.69) is 0 Å². The zero-order chi connectivity index (χ0) is 8.97. The summed E-state index contributed by atoms with van der Waals surface area (Å²) in [6.45, 7) is 1.95. The van der Waals surface area contributed by atoms with Gasteiger partial charge in [-0.3, -0.25) is 0 Å². The van der Waals surface area contributed by atoms with E-state index in [1.807, 2.05) is 13.0 Å². The minimum atomic E-state index is -0.172. The van der Waals surface area contributed by atoms with Crippen LogP contribution >= 0.6 is 11.6 Å². The molecule has 0 N–H and O–H groups in total. The fourth-order valence-electron chi connectivity index (χ4n) is 1.06. The van der Waals surface area contributed by atoms with E-state index in [1.165, 1.54) is 6.07 Å². The molecular formula is C10H12ClF. The molecule has 0 bridgehead atoms. The van der Waals surface area contributed by atoms with Crippen molar-refractivity contribution >= 4 is 11.6 Å². The lowest BCUT2D eigenvalue weighted by molar-refractivity contribution is 0.624. The molecule has 12 heavy (non-hydrogen) atoms. The smallest absolute Gasteiger partial charge is 0.123 e. The van der Waals surface area contributed by atoms with E-state index >= 15 is 0 Å². The zero-order valence-corrected chi connectivity index (χ0v) is 7.81. The molecule has 0 aromatic heterocycles. The van der Waals surface area contributed by atoms with Crippen molar-refractivity contribution in [2.45, 2.75) is 25.1 Å². The molecule has 0 amide bonds. The van der Waals surface area contributed by atoms with Gasteiger partial charge in [0.05, 0.1) is 0 Å². The van der Waals surface area contributed by atoms with Crippen LogP contribution < -0.4 is 0 Å². The molecule has 0 radical (unpaired) electrons. The molecule has 0 saturated heterocycles. The van der Waals surface area contributed by atoms with Gasteiger partial charge in [0.15, 0.2) is 0 Å². The first kappa shape index (κ1) is 9.53. The molecule has 1 rings (SSSR count). The number of halogens is 2. The summed E-state index contributed by atoms with van der Waals surface area (Å²) in [5.74, 6) is -0.172. The van der Waals surface area contributed by atoms with Crippen LogP contribution in [0.2, 0.25) is 0 Å². The second-order valence-electron chi connectivity index (χ2n) is 2.95. The fraction of sp³-hybridized carbons (Fsp3) is 0.400. The van der Waals surface area contributed by atoms with E-state index in [0.717, 1.165) is 18.4 Å². The molecule has 0 aliphatic rings. The largest absolute Gasteiger partial charge is 0.207 e. The quantitative estimate of drug-likeness (QED) is 0.635. The number of benzene rings is 1. The van der Waals surface area contributed by atoms with Crippen molar-refractivity contribution < 1.29 is 4.39 Å². The van der Waals surface area contributed by atoms with Gasteiger partial charge in [0.2, 0.25) is 0 Å². The fourth-order valence-corrected chi connectivity index (χ4v) is 1.17. The van der Waals surface area contributed by atoms with Gasteiger partial charge in [-0.1, -0.05) is 12.1 Å². The Morgan fingerprint density at radius 1 is 1.50 bits per heavy atom. The molecule has 0 fully saturated rings. The molecule has 0 nitrogen and oxygen atoms in total. The van der Waals surface area contributed by atoms with Crippen molar-refractivity contribution in [3.8, 4) is 0 Å². The van der Waals surface area contributed by atoms with Crippen LogP contribution in [0.25, 0.3) is 0 Å². The Kier molecular flexibility index (Phi) is 3.54. The monoisotopic (exact) mass is 186 g/mol. The zero-order valence-electron chi connectivity index (χ0n) is 7.06. The Morgan fingerprint density at radius 2 is 2.25 bits per heavy atom. The Labute approximate surface area is 77.4 Å². The first-order valence-electron chi connectivity index (χ1n) is 4.07. The third kappa shape index (κ3) is 3.22. The highest BCUT2D eigenvalue weighted by molar-refractivity contribution is 6.20. The molecule has 2 heteroatoms. The predicted octanol–water partition coefficient (Wildman–Crippen LogP) is 3.39. The van der Waals surface area contributed by atoms with Crippen LogP contribution in [0.1, 0.15) is 18.9 Å². The molecule has 66 valence electrons. The maximum atomic E-state index is 12.7. The molecule has 1 unspecified atom stereocenters. The molecule has 1 aromatic rings.